The predicted molar refractivity (Wildman–Crippen MR) is 75.2 cm³/mol. The van der Waals surface area contributed by atoms with Crippen molar-refractivity contribution >= 4 is 5.91 Å². The number of aliphatic hydroxyl groups excluding tert-OH is 1. The van der Waals surface area contributed by atoms with E-state index < -0.39 is 0 Å². The minimum Gasteiger partial charge on any atom is -0.394 e. The molecule has 1 atom stereocenters. The summed E-state index contributed by atoms with van der Waals surface area (Å²) >= 11 is 0. The maximum absolute atomic E-state index is 12.7. The van der Waals surface area contributed by atoms with Gasteiger partial charge in [0.15, 0.2) is 0 Å². The smallest absolute Gasteiger partial charge is 0.270 e. The molecule has 0 saturated carbocycles. The Morgan fingerprint density at radius 1 is 1.42 bits per heavy atom. The van der Waals surface area contributed by atoms with Crippen molar-refractivity contribution in [2.45, 2.75) is 51.6 Å². The van der Waals surface area contributed by atoms with E-state index in [1.54, 1.807) is 0 Å². The van der Waals surface area contributed by atoms with E-state index in [9.17, 15) is 9.90 Å². The molecule has 2 rings (SSSR count). The van der Waals surface area contributed by atoms with Gasteiger partial charge < -0.3 is 14.6 Å². The molecule has 106 valence electrons. The second-order valence-corrected chi connectivity index (χ2v) is 5.58. The van der Waals surface area contributed by atoms with Gasteiger partial charge in [-0.2, -0.15) is 0 Å². The molecule has 1 aliphatic rings. The monoisotopic (exact) mass is 264 g/mol. The van der Waals surface area contributed by atoms with Gasteiger partial charge in [0.05, 0.1) is 12.6 Å². The summed E-state index contributed by atoms with van der Waals surface area (Å²) in [5.74, 6) is 0.0552. The molecule has 1 N–H and O–H groups in total. The van der Waals surface area contributed by atoms with Gasteiger partial charge >= 0.3 is 0 Å². The van der Waals surface area contributed by atoms with Crippen LogP contribution in [0.2, 0.25) is 0 Å². The lowest BCUT2D eigenvalue weighted by Gasteiger charge is -2.29. The maximum Gasteiger partial charge on any atom is 0.270 e. The molecule has 4 heteroatoms. The Morgan fingerprint density at radius 2 is 2.21 bits per heavy atom. The molecule has 0 aliphatic carbocycles. The Kier molecular flexibility index (Phi) is 4.64. The number of carbonyl (C=O) groups is 1. The molecule has 0 radical (unpaired) electrons. The van der Waals surface area contributed by atoms with Crippen LogP contribution in [0.25, 0.3) is 0 Å². The van der Waals surface area contributed by atoms with Gasteiger partial charge in [0.1, 0.15) is 5.69 Å². The average molecular weight is 264 g/mol. The Hall–Kier alpha value is -1.29. The first-order valence-electron chi connectivity index (χ1n) is 7.23. The molecule has 1 aromatic heterocycles. The molecule has 1 unspecified atom stereocenters. The van der Waals surface area contributed by atoms with E-state index in [1.807, 2.05) is 27.8 Å². The van der Waals surface area contributed by atoms with E-state index in [0.29, 0.717) is 0 Å². The van der Waals surface area contributed by atoms with Crippen LogP contribution in [0.4, 0.5) is 0 Å². The third kappa shape index (κ3) is 3.00. The first-order chi connectivity index (χ1) is 9.15. The van der Waals surface area contributed by atoms with Gasteiger partial charge in [-0.15, -0.1) is 0 Å². The largest absolute Gasteiger partial charge is 0.394 e. The van der Waals surface area contributed by atoms with Crippen molar-refractivity contribution < 1.29 is 9.90 Å². The van der Waals surface area contributed by atoms with Crippen LogP contribution in [0.5, 0.6) is 0 Å². The molecular weight excluding hydrogens is 240 g/mol. The van der Waals surface area contributed by atoms with E-state index >= 15 is 0 Å². The Bertz CT molecular complexity index is 426. The van der Waals surface area contributed by atoms with Crippen molar-refractivity contribution in [3.05, 3.63) is 24.0 Å². The summed E-state index contributed by atoms with van der Waals surface area (Å²) in [4.78, 5) is 14.6. The van der Waals surface area contributed by atoms with Crippen LogP contribution in [0.3, 0.4) is 0 Å². The van der Waals surface area contributed by atoms with Gasteiger partial charge in [0, 0.05) is 18.8 Å². The molecule has 4 nitrogen and oxygen atoms in total. The lowest BCUT2D eigenvalue weighted by atomic mass is 10.1. The zero-order valence-electron chi connectivity index (χ0n) is 11.9. The first-order valence-corrected chi connectivity index (χ1v) is 7.23. The summed E-state index contributed by atoms with van der Waals surface area (Å²) < 4.78 is 2.00. The Labute approximate surface area is 115 Å². The number of hydrogen-bond donors (Lipinski definition) is 1. The summed E-state index contributed by atoms with van der Waals surface area (Å²) in [6, 6.07) is 4.04. The van der Waals surface area contributed by atoms with E-state index in [4.69, 9.17) is 0 Å². The molecule has 1 aliphatic heterocycles. The normalized spacial score (nSPS) is 20.6. The minimum absolute atomic E-state index is 0.0227. The summed E-state index contributed by atoms with van der Waals surface area (Å²) in [5, 5.41) is 9.51. The predicted octanol–water partition coefficient (Wildman–Crippen LogP) is 2.45. The topological polar surface area (TPSA) is 45.5 Å². The Balaban J connectivity index is 2.23. The number of likely N-dealkylation sites (tertiary alicyclic amines) is 1. The molecule has 0 aromatic carbocycles. The van der Waals surface area contributed by atoms with Crippen molar-refractivity contribution in [1.29, 1.82) is 0 Å². The van der Waals surface area contributed by atoms with Gasteiger partial charge in [-0.05, 0) is 38.8 Å². The number of aliphatic hydroxyl groups is 1. The second kappa shape index (κ2) is 6.24. The number of aromatic nitrogens is 1. The van der Waals surface area contributed by atoms with Gasteiger partial charge in [-0.3, -0.25) is 4.79 Å². The summed E-state index contributed by atoms with van der Waals surface area (Å²) in [6.07, 6.45) is 6.13. The summed E-state index contributed by atoms with van der Waals surface area (Å²) in [7, 11) is 0. The number of amides is 1. The molecule has 0 spiro atoms. The van der Waals surface area contributed by atoms with Crippen LogP contribution < -0.4 is 0 Å². The van der Waals surface area contributed by atoms with Crippen LogP contribution in [0.1, 0.15) is 56.1 Å². The highest BCUT2D eigenvalue weighted by Gasteiger charge is 2.27. The van der Waals surface area contributed by atoms with Crippen molar-refractivity contribution in [1.82, 2.24) is 9.47 Å². The number of carbonyl (C=O) groups excluding carboxylic acids is 1. The van der Waals surface area contributed by atoms with Crippen LogP contribution in [-0.4, -0.2) is 39.7 Å². The zero-order chi connectivity index (χ0) is 13.8. The highest BCUT2D eigenvalue weighted by molar-refractivity contribution is 5.93. The fraction of sp³-hybridized carbons (Fsp3) is 0.667. The SMILES string of the molecule is CC(C)n1cccc1C(=O)N1CCCCCC1CO. The molecule has 1 saturated heterocycles. The highest BCUT2D eigenvalue weighted by Crippen LogP contribution is 2.20. The average Bonchev–Trinajstić information content (AvgIpc) is 2.76. The van der Waals surface area contributed by atoms with Gasteiger partial charge in [0.2, 0.25) is 0 Å². The second-order valence-electron chi connectivity index (χ2n) is 5.58. The van der Waals surface area contributed by atoms with Crippen LogP contribution in [-0.2, 0) is 0 Å². The maximum atomic E-state index is 12.7. The van der Waals surface area contributed by atoms with Crippen LogP contribution >= 0.6 is 0 Å². The molecule has 0 bridgehead atoms. The molecule has 2 heterocycles. The standard InChI is InChI=1S/C15H24N2O2/c1-12(2)16-10-6-8-14(16)15(19)17-9-5-3-4-7-13(17)11-18/h6,8,10,12-13,18H,3-5,7,9,11H2,1-2H3. The zero-order valence-corrected chi connectivity index (χ0v) is 11.9. The number of hydrogen-bond acceptors (Lipinski definition) is 2. The van der Waals surface area contributed by atoms with Gasteiger partial charge in [-0.1, -0.05) is 12.8 Å². The van der Waals surface area contributed by atoms with Crippen LogP contribution in [0.15, 0.2) is 18.3 Å². The summed E-state index contributed by atoms with van der Waals surface area (Å²) in [6.45, 7) is 4.97. The van der Waals surface area contributed by atoms with E-state index in [1.165, 1.54) is 0 Å². The molecule has 1 aromatic rings. The lowest BCUT2D eigenvalue weighted by Crippen LogP contribution is -2.42. The Morgan fingerprint density at radius 3 is 2.89 bits per heavy atom. The molecule has 19 heavy (non-hydrogen) atoms. The quantitative estimate of drug-likeness (QED) is 0.911. The number of rotatable bonds is 3. The fourth-order valence-corrected chi connectivity index (χ4v) is 2.81. The molecule has 1 amide bonds. The highest BCUT2D eigenvalue weighted by atomic mass is 16.3. The van der Waals surface area contributed by atoms with Crippen molar-refractivity contribution in [2.24, 2.45) is 0 Å². The molecular formula is C15H24N2O2. The van der Waals surface area contributed by atoms with Crippen molar-refractivity contribution in [3.8, 4) is 0 Å². The first kappa shape index (κ1) is 14.1. The third-order valence-corrected chi connectivity index (χ3v) is 3.90. The van der Waals surface area contributed by atoms with Crippen molar-refractivity contribution in [2.75, 3.05) is 13.2 Å². The fourth-order valence-electron chi connectivity index (χ4n) is 2.81. The van der Waals surface area contributed by atoms with Crippen molar-refractivity contribution in [3.63, 3.8) is 0 Å². The summed E-state index contributed by atoms with van der Waals surface area (Å²) in [5.41, 5.74) is 0.732. The number of nitrogens with zero attached hydrogens (tertiary/aromatic N) is 2. The minimum atomic E-state index is -0.0227. The van der Waals surface area contributed by atoms with Gasteiger partial charge in [0.25, 0.3) is 5.91 Å². The van der Waals surface area contributed by atoms with Crippen LogP contribution in [0, 0.1) is 0 Å². The lowest BCUT2D eigenvalue weighted by molar-refractivity contribution is 0.0587. The van der Waals surface area contributed by atoms with Gasteiger partial charge in [-0.25, -0.2) is 0 Å². The van der Waals surface area contributed by atoms with E-state index in [0.717, 1.165) is 37.9 Å². The third-order valence-electron chi connectivity index (χ3n) is 3.90. The van der Waals surface area contributed by atoms with E-state index in [-0.39, 0.29) is 24.6 Å². The van der Waals surface area contributed by atoms with E-state index in [2.05, 4.69) is 13.8 Å². The molecule has 1 fully saturated rings.